The van der Waals surface area contributed by atoms with Crippen LogP contribution in [0.2, 0.25) is 0 Å². The van der Waals surface area contributed by atoms with Gasteiger partial charge in [-0.05, 0) is 53.1 Å². The van der Waals surface area contributed by atoms with Crippen LogP contribution in [0.4, 0.5) is 4.39 Å². The Kier molecular flexibility index (Phi) is 3.38. The van der Waals surface area contributed by atoms with Crippen molar-refractivity contribution in [2.24, 2.45) is 0 Å². The molecule has 14 heavy (non-hydrogen) atoms. The minimum Gasteiger partial charge on any atom is -0.310 e. The first-order valence-corrected chi connectivity index (χ1v) is 6.01. The Labute approximate surface area is 97.2 Å². The summed E-state index contributed by atoms with van der Waals surface area (Å²) in [5.74, 6) is -0.127. The molecule has 0 aromatic heterocycles. The predicted octanol–water partition coefficient (Wildman–Crippen LogP) is 3.07. The highest BCUT2D eigenvalue weighted by Gasteiger charge is 2.16. The van der Waals surface area contributed by atoms with E-state index in [-0.39, 0.29) is 5.82 Å². The van der Waals surface area contributed by atoms with E-state index in [2.05, 4.69) is 5.32 Å². The molecule has 0 unspecified atom stereocenters. The first-order chi connectivity index (χ1) is 6.75. The molecule has 1 nitrogen and oxygen atoms in total. The van der Waals surface area contributed by atoms with Gasteiger partial charge in [-0.2, -0.15) is 0 Å². The van der Waals surface area contributed by atoms with Gasteiger partial charge in [-0.1, -0.05) is 12.5 Å². The topological polar surface area (TPSA) is 12.0 Å². The van der Waals surface area contributed by atoms with Gasteiger partial charge < -0.3 is 5.32 Å². The van der Waals surface area contributed by atoms with Crippen molar-refractivity contribution in [2.75, 3.05) is 0 Å². The van der Waals surface area contributed by atoms with Crippen molar-refractivity contribution in [3.8, 4) is 0 Å². The Balaban J connectivity index is 1.91. The largest absolute Gasteiger partial charge is 0.310 e. The minimum absolute atomic E-state index is 0.127. The molecule has 1 N–H and O–H groups in total. The Morgan fingerprint density at radius 3 is 2.79 bits per heavy atom. The quantitative estimate of drug-likeness (QED) is 0.846. The first kappa shape index (κ1) is 10.4. The lowest BCUT2D eigenvalue weighted by atomic mass is 9.93. The van der Waals surface area contributed by atoms with Gasteiger partial charge in [0.25, 0.3) is 0 Å². The second-order valence-corrected chi connectivity index (χ2v) is 4.92. The van der Waals surface area contributed by atoms with Crippen molar-refractivity contribution in [1.29, 1.82) is 0 Å². The average molecular weight is 305 g/mol. The Hall–Kier alpha value is -0.160. The van der Waals surface area contributed by atoms with Crippen LogP contribution in [0.5, 0.6) is 0 Å². The third-order valence-electron chi connectivity index (χ3n) is 2.68. The van der Waals surface area contributed by atoms with E-state index in [9.17, 15) is 4.39 Å². The SMILES string of the molecule is Fc1ccc(CNC2CCC2)cc1I. The highest BCUT2D eigenvalue weighted by molar-refractivity contribution is 14.1. The maximum atomic E-state index is 12.9. The van der Waals surface area contributed by atoms with Gasteiger partial charge in [0.2, 0.25) is 0 Å². The molecule has 76 valence electrons. The molecule has 1 aromatic rings. The van der Waals surface area contributed by atoms with Crippen molar-refractivity contribution in [3.63, 3.8) is 0 Å². The van der Waals surface area contributed by atoms with Crippen LogP contribution in [0.3, 0.4) is 0 Å². The zero-order chi connectivity index (χ0) is 9.97. The summed E-state index contributed by atoms with van der Waals surface area (Å²) in [6.07, 6.45) is 3.93. The number of halogens is 2. The summed E-state index contributed by atoms with van der Waals surface area (Å²) in [4.78, 5) is 0. The van der Waals surface area contributed by atoms with E-state index < -0.39 is 0 Å². The van der Waals surface area contributed by atoms with Gasteiger partial charge in [0.15, 0.2) is 0 Å². The second-order valence-electron chi connectivity index (χ2n) is 3.76. The van der Waals surface area contributed by atoms with Gasteiger partial charge in [0.05, 0.1) is 0 Å². The van der Waals surface area contributed by atoms with E-state index in [1.807, 2.05) is 34.7 Å². The number of hydrogen-bond acceptors (Lipinski definition) is 1. The number of rotatable bonds is 3. The van der Waals surface area contributed by atoms with Crippen molar-refractivity contribution < 1.29 is 4.39 Å². The lowest BCUT2D eigenvalue weighted by Crippen LogP contribution is -2.34. The smallest absolute Gasteiger partial charge is 0.136 e. The minimum atomic E-state index is -0.127. The van der Waals surface area contributed by atoms with Gasteiger partial charge in [-0.3, -0.25) is 0 Å². The standard InChI is InChI=1S/C11H13FIN/c12-10-5-4-8(6-11(10)13)7-14-9-2-1-3-9/h4-6,9,14H,1-3,7H2. The molecule has 3 heteroatoms. The third kappa shape index (κ3) is 2.45. The first-order valence-electron chi connectivity index (χ1n) is 4.93. The monoisotopic (exact) mass is 305 g/mol. The highest BCUT2D eigenvalue weighted by Crippen LogP contribution is 2.19. The number of nitrogens with one attached hydrogen (secondary N) is 1. The van der Waals surface area contributed by atoms with Crippen LogP contribution in [0.1, 0.15) is 24.8 Å². The molecule has 0 amide bonds. The van der Waals surface area contributed by atoms with E-state index >= 15 is 0 Å². The van der Waals surface area contributed by atoms with Gasteiger partial charge in [-0.15, -0.1) is 0 Å². The number of hydrogen-bond donors (Lipinski definition) is 1. The van der Waals surface area contributed by atoms with Crippen LogP contribution in [0, 0.1) is 9.39 Å². The summed E-state index contributed by atoms with van der Waals surface area (Å²) in [5.41, 5.74) is 1.17. The molecule has 2 rings (SSSR count). The van der Waals surface area contributed by atoms with Crippen LogP contribution < -0.4 is 5.32 Å². The maximum Gasteiger partial charge on any atom is 0.136 e. The summed E-state index contributed by atoms with van der Waals surface area (Å²) < 4.78 is 13.7. The van der Waals surface area contributed by atoms with Crippen molar-refractivity contribution in [2.45, 2.75) is 31.8 Å². The summed E-state index contributed by atoms with van der Waals surface area (Å²) in [6.45, 7) is 0.862. The van der Waals surface area contributed by atoms with Crippen LogP contribution in [0.15, 0.2) is 18.2 Å². The maximum absolute atomic E-state index is 12.9. The number of benzene rings is 1. The molecular weight excluding hydrogens is 292 g/mol. The summed E-state index contributed by atoms with van der Waals surface area (Å²) >= 11 is 2.03. The molecular formula is C11H13FIN. The van der Waals surface area contributed by atoms with E-state index in [1.54, 1.807) is 6.07 Å². The van der Waals surface area contributed by atoms with E-state index in [1.165, 1.54) is 24.8 Å². The molecule has 0 aliphatic heterocycles. The van der Waals surface area contributed by atoms with Crippen LogP contribution in [-0.4, -0.2) is 6.04 Å². The fourth-order valence-corrected chi connectivity index (χ4v) is 2.10. The molecule has 1 fully saturated rings. The molecule has 1 aromatic carbocycles. The van der Waals surface area contributed by atoms with Gasteiger partial charge in [0.1, 0.15) is 5.82 Å². The van der Waals surface area contributed by atoms with Gasteiger partial charge in [0, 0.05) is 16.2 Å². The van der Waals surface area contributed by atoms with Crippen LogP contribution in [0.25, 0.3) is 0 Å². The molecule has 0 heterocycles. The molecule has 0 bridgehead atoms. The third-order valence-corrected chi connectivity index (χ3v) is 3.51. The van der Waals surface area contributed by atoms with E-state index in [4.69, 9.17) is 0 Å². The zero-order valence-electron chi connectivity index (χ0n) is 7.89. The van der Waals surface area contributed by atoms with Crippen LogP contribution in [-0.2, 0) is 6.54 Å². The molecule has 0 atom stereocenters. The lowest BCUT2D eigenvalue weighted by Gasteiger charge is -2.26. The van der Waals surface area contributed by atoms with Crippen molar-refractivity contribution >= 4 is 22.6 Å². The fourth-order valence-electron chi connectivity index (χ4n) is 1.52. The average Bonchev–Trinajstić information content (AvgIpc) is 2.08. The summed E-state index contributed by atoms with van der Waals surface area (Å²) in [7, 11) is 0. The zero-order valence-corrected chi connectivity index (χ0v) is 10.1. The normalized spacial score (nSPS) is 16.7. The molecule has 1 saturated carbocycles. The van der Waals surface area contributed by atoms with Gasteiger partial charge in [-0.25, -0.2) is 4.39 Å². The van der Waals surface area contributed by atoms with E-state index in [0.717, 1.165) is 6.54 Å². The summed E-state index contributed by atoms with van der Waals surface area (Å²) in [5, 5.41) is 3.46. The molecule has 0 radical (unpaired) electrons. The molecule has 1 aliphatic carbocycles. The van der Waals surface area contributed by atoms with Crippen LogP contribution >= 0.6 is 22.6 Å². The Morgan fingerprint density at radius 1 is 1.43 bits per heavy atom. The van der Waals surface area contributed by atoms with E-state index in [0.29, 0.717) is 9.61 Å². The Bertz CT molecular complexity index is 323. The molecule has 1 aliphatic rings. The van der Waals surface area contributed by atoms with Crippen molar-refractivity contribution in [3.05, 3.63) is 33.1 Å². The van der Waals surface area contributed by atoms with Gasteiger partial charge >= 0.3 is 0 Å². The predicted molar refractivity (Wildman–Crippen MR) is 63.6 cm³/mol. The Morgan fingerprint density at radius 2 is 2.21 bits per heavy atom. The molecule has 0 saturated heterocycles. The summed E-state index contributed by atoms with van der Waals surface area (Å²) in [6, 6.07) is 5.99. The second kappa shape index (κ2) is 4.57. The fraction of sp³-hybridized carbons (Fsp3) is 0.455. The molecule has 0 spiro atoms. The highest BCUT2D eigenvalue weighted by atomic mass is 127. The van der Waals surface area contributed by atoms with Crippen molar-refractivity contribution in [1.82, 2.24) is 5.32 Å². The lowest BCUT2D eigenvalue weighted by molar-refractivity contribution is 0.338.